The number of nitrogens with one attached hydrogen (secondary N) is 3. The van der Waals surface area contributed by atoms with Gasteiger partial charge in [0, 0.05) is 64.0 Å². The molecule has 5 unspecified atom stereocenters. The van der Waals surface area contributed by atoms with Crippen LogP contribution in [0, 0.1) is 17.8 Å². The van der Waals surface area contributed by atoms with Crippen LogP contribution in [-0.2, 0) is 4.79 Å². The number of rotatable bonds is 7. The molecule has 3 aliphatic heterocycles. The molecule has 208 valence electrons. The molecule has 0 bridgehead atoms. The standard InChI is InChI=1S/C24H43F4N7O/c1-3-17-15(2)4-5-16(25)12-32-21(17)20(22(29)30)23(36)33-18-13-31-7-6-19(18)35-10-8-34(9-11-35)14-24(26,27)28/h15-17,20-22,31-32H,3-14,29-30H2,1-2H3,(H,33,36). The van der Waals surface area contributed by atoms with Crippen LogP contribution in [0.1, 0.15) is 39.5 Å². The monoisotopic (exact) mass is 521 g/mol. The fourth-order valence-electron chi connectivity index (χ4n) is 5.96. The Morgan fingerprint density at radius 1 is 1.19 bits per heavy atom. The molecule has 2 fully saturated rings. The van der Waals surface area contributed by atoms with Gasteiger partial charge in [0.15, 0.2) is 0 Å². The van der Waals surface area contributed by atoms with Crippen LogP contribution in [0.25, 0.3) is 0 Å². The van der Waals surface area contributed by atoms with Crippen molar-refractivity contribution in [3.05, 3.63) is 11.4 Å². The number of hydrogen-bond donors (Lipinski definition) is 5. The third-order valence-corrected chi connectivity index (χ3v) is 7.90. The summed E-state index contributed by atoms with van der Waals surface area (Å²) in [6, 6.07) is -0.366. The van der Waals surface area contributed by atoms with Crippen LogP contribution >= 0.6 is 0 Å². The van der Waals surface area contributed by atoms with Crippen LogP contribution < -0.4 is 27.4 Å². The molecule has 1 amide bonds. The summed E-state index contributed by atoms with van der Waals surface area (Å²) in [6.07, 6.45) is -3.44. The van der Waals surface area contributed by atoms with Gasteiger partial charge in [0.05, 0.1) is 24.3 Å². The first-order valence-electron chi connectivity index (χ1n) is 13.2. The van der Waals surface area contributed by atoms with Crippen molar-refractivity contribution in [1.29, 1.82) is 0 Å². The molecule has 0 aromatic heterocycles. The summed E-state index contributed by atoms with van der Waals surface area (Å²) in [5.41, 5.74) is 13.9. The zero-order valence-corrected chi connectivity index (χ0v) is 21.4. The topological polar surface area (TPSA) is 112 Å². The summed E-state index contributed by atoms with van der Waals surface area (Å²) in [4.78, 5) is 17.1. The van der Waals surface area contributed by atoms with E-state index in [0.717, 1.165) is 25.1 Å². The Morgan fingerprint density at radius 2 is 1.89 bits per heavy atom. The van der Waals surface area contributed by atoms with Crippen molar-refractivity contribution >= 4 is 5.91 Å². The van der Waals surface area contributed by atoms with Crippen LogP contribution in [0.2, 0.25) is 0 Å². The Morgan fingerprint density at radius 3 is 2.50 bits per heavy atom. The number of nitrogens with zero attached hydrogens (tertiary/aromatic N) is 2. The lowest BCUT2D eigenvalue weighted by atomic mass is 9.74. The Hall–Kier alpha value is -1.47. The lowest BCUT2D eigenvalue weighted by molar-refractivity contribution is -0.148. The molecule has 3 heterocycles. The van der Waals surface area contributed by atoms with E-state index in [0.29, 0.717) is 51.3 Å². The van der Waals surface area contributed by atoms with Gasteiger partial charge in [-0.25, -0.2) is 4.39 Å². The van der Waals surface area contributed by atoms with Crippen LogP contribution in [0.15, 0.2) is 11.4 Å². The van der Waals surface area contributed by atoms with Crippen molar-refractivity contribution < 1.29 is 22.4 Å². The lowest BCUT2D eigenvalue weighted by Crippen LogP contribution is -2.60. The van der Waals surface area contributed by atoms with Crippen molar-refractivity contribution in [2.45, 2.75) is 64.1 Å². The normalized spacial score (nSPS) is 30.2. The molecule has 0 saturated carbocycles. The number of amides is 1. The summed E-state index contributed by atoms with van der Waals surface area (Å²) in [6.45, 7) is 6.08. The van der Waals surface area contributed by atoms with Gasteiger partial charge in [0.25, 0.3) is 0 Å². The van der Waals surface area contributed by atoms with Gasteiger partial charge in [0.1, 0.15) is 6.17 Å². The van der Waals surface area contributed by atoms with Gasteiger partial charge in [-0.1, -0.05) is 20.3 Å². The average Bonchev–Trinajstić information content (AvgIpc) is 2.80. The van der Waals surface area contributed by atoms with Crippen molar-refractivity contribution in [1.82, 2.24) is 25.8 Å². The minimum absolute atomic E-state index is 0.113. The first-order valence-corrected chi connectivity index (χ1v) is 13.2. The van der Waals surface area contributed by atoms with E-state index >= 15 is 0 Å². The van der Waals surface area contributed by atoms with E-state index in [-0.39, 0.29) is 30.3 Å². The van der Waals surface area contributed by atoms with Crippen LogP contribution in [-0.4, -0.2) is 92.6 Å². The second-order valence-corrected chi connectivity index (χ2v) is 10.5. The number of piperazine rings is 1. The van der Waals surface area contributed by atoms with Gasteiger partial charge in [0.2, 0.25) is 5.91 Å². The van der Waals surface area contributed by atoms with Gasteiger partial charge >= 0.3 is 6.18 Å². The third-order valence-electron chi connectivity index (χ3n) is 7.90. The predicted molar refractivity (Wildman–Crippen MR) is 131 cm³/mol. The van der Waals surface area contributed by atoms with Crippen LogP contribution in [0.3, 0.4) is 0 Å². The fraction of sp³-hybridized carbons (Fsp3) is 0.875. The molecule has 0 aromatic rings. The maximum atomic E-state index is 14.3. The third kappa shape index (κ3) is 7.77. The van der Waals surface area contributed by atoms with Gasteiger partial charge in [-0.05, 0) is 24.7 Å². The number of halogens is 4. The zero-order valence-electron chi connectivity index (χ0n) is 21.4. The molecule has 2 saturated heterocycles. The SMILES string of the molecule is CCC1C(C)CCC(F)CNC1C(C(=O)NC1=C(N2CCN(CC(F)(F)F)CC2)CCNC1)C(N)N. The Labute approximate surface area is 211 Å². The molecule has 0 spiro atoms. The Bertz CT molecular complexity index is 755. The molecule has 5 atom stereocenters. The summed E-state index contributed by atoms with van der Waals surface area (Å²) >= 11 is 0. The second-order valence-electron chi connectivity index (χ2n) is 10.5. The molecule has 8 nitrogen and oxygen atoms in total. The van der Waals surface area contributed by atoms with Crippen molar-refractivity contribution in [2.75, 3.05) is 52.4 Å². The summed E-state index contributed by atoms with van der Waals surface area (Å²) in [7, 11) is 0. The summed E-state index contributed by atoms with van der Waals surface area (Å²) in [5.74, 6) is -0.750. The molecule has 0 aromatic carbocycles. The second kappa shape index (κ2) is 12.9. The highest BCUT2D eigenvalue weighted by atomic mass is 19.4. The first-order chi connectivity index (χ1) is 17.0. The average molecular weight is 522 g/mol. The summed E-state index contributed by atoms with van der Waals surface area (Å²) in [5, 5.41) is 9.58. The van der Waals surface area contributed by atoms with E-state index in [1.54, 1.807) is 0 Å². The van der Waals surface area contributed by atoms with Crippen molar-refractivity contribution in [3.8, 4) is 0 Å². The highest BCUT2D eigenvalue weighted by molar-refractivity contribution is 5.82. The largest absolute Gasteiger partial charge is 0.401 e. The zero-order chi connectivity index (χ0) is 26.5. The highest BCUT2D eigenvalue weighted by Gasteiger charge is 2.40. The van der Waals surface area contributed by atoms with Crippen molar-refractivity contribution in [3.63, 3.8) is 0 Å². The lowest BCUT2D eigenvalue weighted by Gasteiger charge is -2.41. The molecule has 3 aliphatic rings. The van der Waals surface area contributed by atoms with E-state index in [1.807, 2.05) is 0 Å². The number of nitrogens with two attached hydrogens (primary N) is 2. The molecule has 3 rings (SSSR count). The van der Waals surface area contributed by atoms with Crippen LogP contribution in [0.5, 0.6) is 0 Å². The Kier molecular flexibility index (Phi) is 10.4. The number of alkyl halides is 4. The van der Waals surface area contributed by atoms with E-state index in [2.05, 4.69) is 34.7 Å². The molecule has 36 heavy (non-hydrogen) atoms. The van der Waals surface area contributed by atoms with Crippen molar-refractivity contribution in [2.24, 2.45) is 29.2 Å². The van der Waals surface area contributed by atoms with E-state index in [4.69, 9.17) is 11.5 Å². The maximum Gasteiger partial charge on any atom is 0.401 e. The minimum Gasteiger partial charge on any atom is -0.371 e. The quantitative estimate of drug-likeness (QED) is 0.252. The maximum absolute atomic E-state index is 14.3. The molecular weight excluding hydrogens is 478 g/mol. The fourth-order valence-corrected chi connectivity index (χ4v) is 5.96. The predicted octanol–water partition coefficient (Wildman–Crippen LogP) is 1.10. The van der Waals surface area contributed by atoms with Gasteiger partial charge in [-0.15, -0.1) is 0 Å². The molecular formula is C24H43F4N7O. The highest BCUT2D eigenvalue weighted by Crippen LogP contribution is 2.31. The van der Waals surface area contributed by atoms with E-state index in [9.17, 15) is 22.4 Å². The number of carbonyl (C=O) groups is 1. The van der Waals surface area contributed by atoms with Gasteiger partial charge in [-0.2, -0.15) is 13.2 Å². The number of hydrogen-bond acceptors (Lipinski definition) is 7. The van der Waals surface area contributed by atoms with Gasteiger partial charge < -0.3 is 32.3 Å². The molecule has 0 radical (unpaired) electrons. The van der Waals surface area contributed by atoms with E-state index in [1.165, 1.54) is 4.90 Å². The molecule has 12 heteroatoms. The van der Waals surface area contributed by atoms with E-state index < -0.39 is 31.0 Å². The summed E-state index contributed by atoms with van der Waals surface area (Å²) < 4.78 is 52.6. The minimum atomic E-state index is -4.22. The Balaban J connectivity index is 1.75. The smallest absolute Gasteiger partial charge is 0.371 e. The first kappa shape index (κ1) is 29.1. The van der Waals surface area contributed by atoms with Crippen LogP contribution in [0.4, 0.5) is 17.6 Å². The molecule has 7 N–H and O–H groups in total. The van der Waals surface area contributed by atoms with Gasteiger partial charge in [-0.3, -0.25) is 9.69 Å². The molecule has 0 aliphatic carbocycles. The number of carbonyl (C=O) groups excluding carboxylic acids is 1.